The van der Waals surface area contributed by atoms with Crippen molar-refractivity contribution in [1.29, 1.82) is 0 Å². The van der Waals surface area contributed by atoms with Gasteiger partial charge in [0.15, 0.2) is 0 Å². The molecule has 0 rings (SSSR count). The van der Waals surface area contributed by atoms with Crippen LogP contribution in [0.15, 0.2) is 35.9 Å². The van der Waals surface area contributed by atoms with E-state index < -0.39 is 0 Å². The van der Waals surface area contributed by atoms with E-state index in [0.29, 0.717) is 0 Å². The second-order valence-corrected chi connectivity index (χ2v) is 2.89. The maximum Gasteiger partial charge on any atom is 0.0441 e. The van der Waals surface area contributed by atoms with Gasteiger partial charge in [-0.15, -0.1) is 5.11 Å². The minimum absolute atomic E-state index is 0.832. The van der Waals surface area contributed by atoms with Gasteiger partial charge in [0.25, 0.3) is 0 Å². The molecule has 0 heterocycles. The minimum atomic E-state index is 0.832. The van der Waals surface area contributed by atoms with Crippen LogP contribution in [-0.4, -0.2) is 37.1 Å². The molecule has 0 spiro atoms. The molecule has 0 aromatic heterocycles. The molecule has 0 amide bonds. The zero-order valence-corrected chi connectivity index (χ0v) is 8.48. The van der Waals surface area contributed by atoms with Crippen molar-refractivity contribution in [1.82, 2.24) is 9.91 Å². The van der Waals surface area contributed by atoms with Gasteiger partial charge in [-0.05, 0) is 27.1 Å². The van der Waals surface area contributed by atoms with Gasteiger partial charge in [0.2, 0.25) is 0 Å². The molecule has 0 unspecified atom stereocenters. The van der Waals surface area contributed by atoms with Crippen molar-refractivity contribution in [3.63, 3.8) is 0 Å². The summed E-state index contributed by atoms with van der Waals surface area (Å²) in [4.78, 5) is 2.13. The summed E-state index contributed by atoms with van der Waals surface area (Å²) in [5, 5.41) is 9.23. The second-order valence-electron chi connectivity index (χ2n) is 2.89. The Morgan fingerprint density at radius 3 is 2.38 bits per heavy atom. The van der Waals surface area contributed by atoms with Crippen molar-refractivity contribution in [3.05, 3.63) is 25.6 Å². The molecular formula is C9H18N4. The third-order valence-corrected chi connectivity index (χ3v) is 1.45. The van der Waals surface area contributed by atoms with Crippen LogP contribution >= 0.6 is 0 Å². The Morgan fingerprint density at radius 2 is 1.92 bits per heavy atom. The van der Waals surface area contributed by atoms with E-state index in [0.717, 1.165) is 19.5 Å². The van der Waals surface area contributed by atoms with Crippen LogP contribution in [0.3, 0.4) is 0 Å². The molecule has 13 heavy (non-hydrogen) atoms. The molecule has 0 aliphatic heterocycles. The molecule has 0 atom stereocenters. The van der Waals surface area contributed by atoms with Gasteiger partial charge >= 0.3 is 0 Å². The van der Waals surface area contributed by atoms with Crippen LogP contribution in [0, 0.1) is 0 Å². The lowest BCUT2D eigenvalue weighted by Crippen LogP contribution is -2.19. The highest BCUT2D eigenvalue weighted by Gasteiger charge is 1.95. The molecule has 0 aliphatic rings. The van der Waals surface area contributed by atoms with Crippen LogP contribution in [0.1, 0.15) is 6.42 Å². The maximum atomic E-state index is 3.86. The molecule has 0 fully saturated rings. The molecule has 0 saturated carbocycles. The minimum Gasteiger partial charge on any atom is -0.309 e. The van der Waals surface area contributed by atoms with E-state index in [1.807, 2.05) is 14.1 Å². The van der Waals surface area contributed by atoms with Crippen molar-refractivity contribution in [2.45, 2.75) is 6.42 Å². The smallest absolute Gasteiger partial charge is 0.0441 e. The molecule has 0 bridgehead atoms. The number of rotatable bonds is 7. The fraction of sp³-hybridized carbons (Fsp3) is 0.556. The van der Waals surface area contributed by atoms with Crippen molar-refractivity contribution >= 4 is 0 Å². The highest BCUT2D eigenvalue weighted by atomic mass is 15.5. The molecule has 4 nitrogen and oxygen atoms in total. The third-order valence-electron chi connectivity index (χ3n) is 1.45. The first-order chi connectivity index (χ1) is 6.20. The van der Waals surface area contributed by atoms with Crippen LogP contribution in [-0.2, 0) is 0 Å². The van der Waals surface area contributed by atoms with Crippen molar-refractivity contribution in [2.24, 2.45) is 10.3 Å². The third kappa shape index (κ3) is 7.21. The largest absolute Gasteiger partial charge is 0.309 e. The van der Waals surface area contributed by atoms with E-state index >= 15 is 0 Å². The quantitative estimate of drug-likeness (QED) is 0.445. The zero-order valence-electron chi connectivity index (χ0n) is 8.48. The molecule has 74 valence electrons. The van der Waals surface area contributed by atoms with E-state index in [2.05, 4.69) is 28.4 Å². The maximum absolute atomic E-state index is 3.86. The number of hydrogen-bond acceptors (Lipinski definition) is 3. The molecule has 0 saturated heterocycles. The van der Waals surface area contributed by atoms with Crippen molar-refractivity contribution < 1.29 is 0 Å². The average molecular weight is 182 g/mol. The van der Waals surface area contributed by atoms with Gasteiger partial charge in [-0.2, -0.15) is 0 Å². The normalized spacial score (nSPS) is 10.7. The Labute approximate surface area is 80.2 Å². The van der Waals surface area contributed by atoms with E-state index in [9.17, 15) is 0 Å². The zero-order chi connectivity index (χ0) is 10.1. The highest BCUT2D eigenvalue weighted by molar-refractivity contribution is 4.67. The first kappa shape index (κ1) is 11.8. The average Bonchev–Trinajstić information content (AvgIpc) is 2.10. The molecule has 4 heteroatoms. The fourth-order valence-electron chi connectivity index (χ4n) is 0.824. The predicted octanol–water partition coefficient (Wildman–Crippen LogP) is 1.89. The van der Waals surface area contributed by atoms with Gasteiger partial charge < -0.3 is 4.90 Å². The standard InChI is InChI=1S/C9H18N4/c1-5-10-11-13(6-2)9-7-8-12(3)4/h5-6H,1-2,7-9H2,3-4H3/b11-10-. The number of hydrogen-bond donors (Lipinski definition) is 0. The van der Waals surface area contributed by atoms with Gasteiger partial charge in [-0.3, -0.25) is 5.01 Å². The Morgan fingerprint density at radius 1 is 1.23 bits per heavy atom. The molecule has 0 aromatic carbocycles. The molecule has 0 aliphatic carbocycles. The van der Waals surface area contributed by atoms with E-state index in [-0.39, 0.29) is 0 Å². The Kier molecular flexibility index (Phi) is 6.82. The van der Waals surface area contributed by atoms with Crippen LogP contribution < -0.4 is 0 Å². The summed E-state index contributed by atoms with van der Waals surface area (Å²) in [5.74, 6) is 0. The molecular weight excluding hydrogens is 164 g/mol. The first-order valence-electron chi connectivity index (χ1n) is 4.26. The lowest BCUT2D eigenvalue weighted by atomic mass is 10.4. The Balaban J connectivity index is 3.65. The lowest BCUT2D eigenvalue weighted by Gasteiger charge is -2.13. The summed E-state index contributed by atoms with van der Waals surface area (Å²) in [6, 6.07) is 0. The summed E-state index contributed by atoms with van der Waals surface area (Å²) in [6.07, 6.45) is 4.10. The summed E-state index contributed by atoms with van der Waals surface area (Å²) < 4.78 is 0. The van der Waals surface area contributed by atoms with Crippen molar-refractivity contribution in [2.75, 3.05) is 27.2 Å². The SMILES string of the molecule is C=C/N=N\N(C=C)CCCN(C)C. The van der Waals surface area contributed by atoms with Crippen molar-refractivity contribution in [3.8, 4) is 0 Å². The van der Waals surface area contributed by atoms with Crippen LogP contribution in [0.25, 0.3) is 0 Å². The molecule has 0 N–H and O–H groups in total. The first-order valence-corrected chi connectivity index (χ1v) is 4.26. The summed E-state index contributed by atoms with van der Waals surface area (Å²) >= 11 is 0. The second kappa shape index (κ2) is 7.49. The van der Waals surface area contributed by atoms with Crippen LogP contribution in [0.5, 0.6) is 0 Å². The highest BCUT2D eigenvalue weighted by Crippen LogP contribution is 1.95. The van der Waals surface area contributed by atoms with Gasteiger partial charge in [0.1, 0.15) is 0 Å². The lowest BCUT2D eigenvalue weighted by molar-refractivity contribution is 0.325. The molecule has 0 aromatic rings. The summed E-state index contributed by atoms with van der Waals surface area (Å²) in [7, 11) is 4.09. The fourth-order valence-corrected chi connectivity index (χ4v) is 0.824. The van der Waals surface area contributed by atoms with Gasteiger partial charge in [0.05, 0.1) is 0 Å². The molecule has 0 radical (unpaired) electrons. The topological polar surface area (TPSA) is 31.2 Å². The Hall–Kier alpha value is -1.16. The predicted molar refractivity (Wildman–Crippen MR) is 55.1 cm³/mol. The Bertz CT molecular complexity index is 174. The monoisotopic (exact) mass is 182 g/mol. The van der Waals surface area contributed by atoms with E-state index in [1.54, 1.807) is 11.2 Å². The van der Waals surface area contributed by atoms with Gasteiger partial charge in [-0.25, -0.2) is 0 Å². The summed E-state index contributed by atoms with van der Waals surface area (Å²) in [5.41, 5.74) is 0. The van der Waals surface area contributed by atoms with Gasteiger partial charge in [0, 0.05) is 18.9 Å². The van der Waals surface area contributed by atoms with Crippen LogP contribution in [0.4, 0.5) is 0 Å². The summed E-state index contributed by atoms with van der Waals surface area (Å²) in [6.45, 7) is 8.95. The van der Waals surface area contributed by atoms with E-state index in [4.69, 9.17) is 0 Å². The van der Waals surface area contributed by atoms with Crippen LogP contribution in [0.2, 0.25) is 0 Å². The van der Waals surface area contributed by atoms with E-state index in [1.165, 1.54) is 6.20 Å². The number of nitrogens with zero attached hydrogens (tertiary/aromatic N) is 4. The van der Waals surface area contributed by atoms with Gasteiger partial charge in [-0.1, -0.05) is 18.4 Å².